The molecule has 0 bridgehead atoms. The third kappa shape index (κ3) is 2.70. The highest BCUT2D eigenvalue weighted by atomic mass is 16.5. The average molecular weight is 257 g/mol. The molecule has 0 saturated heterocycles. The zero-order valence-electron chi connectivity index (χ0n) is 10.9. The quantitative estimate of drug-likeness (QED) is 0.853. The van der Waals surface area contributed by atoms with Crippen LogP contribution in [0.25, 0.3) is 11.4 Å². The number of ether oxygens (including phenoxy) is 1. The molecule has 1 aromatic carbocycles. The number of nitrogen functional groups attached to an aromatic ring is 1. The van der Waals surface area contributed by atoms with Crippen LogP contribution in [0, 0.1) is 6.92 Å². The molecule has 0 aliphatic rings. The smallest absolute Gasteiger partial charge is 0.343 e. The van der Waals surface area contributed by atoms with Crippen LogP contribution in [-0.2, 0) is 4.74 Å². The van der Waals surface area contributed by atoms with Crippen molar-refractivity contribution in [3.8, 4) is 11.4 Å². The molecular formula is C14H15N3O2. The minimum atomic E-state index is -0.503. The van der Waals surface area contributed by atoms with Gasteiger partial charge in [0.25, 0.3) is 0 Å². The molecule has 1 aromatic heterocycles. The molecule has 0 aliphatic heterocycles. The summed E-state index contributed by atoms with van der Waals surface area (Å²) in [6, 6.07) is 7.72. The summed E-state index contributed by atoms with van der Waals surface area (Å²) >= 11 is 0. The van der Waals surface area contributed by atoms with E-state index in [9.17, 15) is 4.79 Å². The van der Waals surface area contributed by atoms with Gasteiger partial charge in [0.1, 0.15) is 11.4 Å². The SMILES string of the molecule is CCOC(=O)c1cnc(-c2ccccc2C)nc1N. The average Bonchev–Trinajstić information content (AvgIpc) is 2.39. The monoisotopic (exact) mass is 257 g/mol. The Morgan fingerprint density at radius 2 is 2.11 bits per heavy atom. The van der Waals surface area contributed by atoms with Gasteiger partial charge in [-0.2, -0.15) is 0 Å². The number of carbonyl (C=O) groups is 1. The number of benzene rings is 1. The van der Waals surface area contributed by atoms with Crippen molar-refractivity contribution in [2.45, 2.75) is 13.8 Å². The summed E-state index contributed by atoms with van der Waals surface area (Å²) in [5, 5.41) is 0. The lowest BCUT2D eigenvalue weighted by molar-refractivity contribution is 0.0527. The van der Waals surface area contributed by atoms with Crippen molar-refractivity contribution in [3.63, 3.8) is 0 Å². The van der Waals surface area contributed by atoms with Gasteiger partial charge in [-0.1, -0.05) is 24.3 Å². The molecule has 0 unspecified atom stereocenters. The van der Waals surface area contributed by atoms with Crippen molar-refractivity contribution < 1.29 is 9.53 Å². The Hall–Kier alpha value is -2.43. The summed E-state index contributed by atoms with van der Waals surface area (Å²) in [7, 11) is 0. The number of aromatic nitrogens is 2. The van der Waals surface area contributed by atoms with Crippen molar-refractivity contribution in [3.05, 3.63) is 41.6 Å². The number of carbonyl (C=O) groups excluding carboxylic acids is 1. The molecule has 0 saturated carbocycles. The molecule has 0 fully saturated rings. The van der Waals surface area contributed by atoms with E-state index < -0.39 is 5.97 Å². The normalized spacial score (nSPS) is 10.2. The number of nitrogens with two attached hydrogens (primary N) is 1. The number of anilines is 1. The van der Waals surface area contributed by atoms with Crippen LogP contribution in [0.15, 0.2) is 30.5 Å². The molecule has 0 aliphatic carbocycles. The fourth-order valence-electron chi connectivity index (χ4n) is 1.71. The molecule has 0 spiro atoms. The third-order valence-electron chi connectivity index (χ3n) is 2.70. The minimum absolute atomic E-state index is 0.131. The Kier molecular flexibility index (Phi) is 3.75. The molecule has 1 heterocycles. The summed E-state index contributed by atoms with van der Waals surface area (Å²) in [6.45, 7) is 3.99. The van der Waals surface area contributed by atoms with Gasteiger partial charge in [0, 0.05) is 11.8 Å². The Morgan fingerprint density at radius 1 is 1.37 bits per heavy atom. The van der Waals surface area contributed by atoms with Gasteiger partial charge < -0.3 is 10.5 Å². The molecule has 0 amide bonds. The first kappa shape index (κ1) is 13.0. The van der Waals surface area contributed by atoms with Crippen LogP contribution >= 0.6 is 0 Å². The van der Waals surface area contributed by atoms with E-state index in [0.717, 1.165) is 11.1 Å². The van der Waals surface area contributed by atoms with Crippen LogP contribution in [-0.4, -0.2) is 22.5 Å². The number of aryl methyl sites for hydroxylation is 1. The lowest BCUT2D eigenvalue weighted by atomic mass is 10.1. The summed E-state index contributed by atoms with van der Waals surface area (Å²) < 4.78 is 4.88. The summed E-state index contributed by atoms with van der Waals surface area (Å²) in [5.41, 5.74) is 7.92. The van der Waals surface area contributed by atoms with Crippen LogP contribution in [0.2, 0.25) is 0 Å². The predicted molar refractivity (Wildman–Crippen MR) is 72.6 cm³/mol. The standard InChI is InChI=1S/C14H15N3O2/c1-3-19-14(18)11-8-16-13(17-12(11)15)10-7-5-4-6-9(10)2/h4-8H,3H2,1-2H3,(H2,15,16,17). The van der Waals surface area contributed by atoms with E-state index >= 15 is 0 Å². The van der Waals surface area contributed by atoms with E-state index in [0.29, 0.717) is 5.82 Å². The number of rotatable bonds is 3. The summed E-state index contributed by atoms with van der Waals surface area (Å²) in [6.07, 6.45) is 1.40. The maximum atomic E-state index is 11.6. The Bertz CT molecular complexity index is 611. The van der Waals surface area contributed by atoms with Crippen molar-refractivity contribution in [1.82, 2.24) is 9.97 Å². The second kappa shape index (κ2) is 5.48. The third-order valence-corrected chi connectivity index (χ3v) is 2.70. The van der Waals surface area contributed by atoms with E-state index in [2.05, 4.69) is 9.97 Å². The number of hydrogen-bond donors (Lipinski definition) is 1. The number of nitrogens with zero attached hydrogens (tertiary/aromatic N) is 2. The van der Waals surface area contributed by atoms with E-state index in [-0.39, 0.29) is 18.0 Å². The van der Waals surface area contributed by atoms with Crippen LogP contribution in [0.1, 0.15) is 22.8 Å². The first-order valence-corrected chi connectivity index (χ1v) is 5.99. The van der Waals surface area contributed by atoms with E-state index in [1.54, 1.807) is 6.92 Å². The molecule has 2 aromatic rings. The highest BCUT2D eigenvalue weighted by Crippen LogP contribution is 2.21. The minimum Gasteiger partial charge on any atom is -0.462 e. The lowest BCUT2D eigenvalue weighted by Crippen LogP contribution is -2.10. The number of hydrogen-bond acceptors (Lipinski definition) is 5. The Morgan fingerprint density at radius 3 is 2.74 bits per heavy atom. The van der Waals surface area contributed by atoms with Gasteiger partial charge in [-0.25, -0.2) is 14.8 Å². The first-order valence-electron chi connectivity index (χ1n) is 5.99. The fraction of sp³-hybridized carbons (Fsp3) is 0.214. The van der Waals surface area contributed by atoms with Gasteiger partial charge >= 0.3 is 5.97 Å². The molecule has 5 heteroatoms. The van der Waals surface area contributed by atoms with Crippen molar-refractivity contribution in [1.29, 1.82) is 0 Å². The number of esters is 1. The molecule has 19 heavy (non-hydrogen) atoms. The second-order valence-electron chi connectivity index (χ2n) is 4.03. The molecule has 2 N–H and O–H groups in total. The highest BCUT2D eigenvalue weighted by molar-refractivity contribution is 5.94. The van der Waals surface area contributed by atoms with Gasteiger partial charge in [0.05, 0.1) is 6.61 Å². The Labute approximate surface area is 111 Å². The maximum Gasteiger partial charge on any atom is 0.343 e. The van der Waals surface area contributed by atoms with Gasteiger partial charge in [-0.05, 0) is 19.4 Å². The maximum absolute atomic E-state index is 11.6. The zero-order valence-corrected chi connectivity index (χ0v) is 10.9. The van der Waals surface area contributed by atoms with Gasteiger partial charge in [0.15, 0.2) is 5.82 Å². The molecule has 0 radical (unpaired) electrons. The highest BCUT2D eigenvalue weighted by Gasteiger charge is 2.14. The lowest BCUT2D eigenvalue weighted by Gasteiger charge is -2.07. The largest absolute Gasteiger partial charge is 0.462 e. The predicted octanol–water partition coefficient (Wildman–Crippen LogP) is 2.21. The van der Waals surface area contributed by atoms with Crippen LogP contribution in [0.3, 0.4) is 0 Å². The van der Waals surface area contributed by atoms with Gasteiger partial charge in [-0.3, -0.25) is 0 Å². The van der Waals surface area contributed by atoms with E-state index in [4.69, 9.17) is 10.5 Å². The van der Waals surface area contributed by atoms with Crippen LogP contribution in [0.5, 0.6) is 0 Å². The Balaban J connectivity index is 2.39. The zero-order chi connectivity index (χ0) is 13.8. The van der Waals surface area contributed by atoms with Crippen molar-refractivity contribution in [2.24, 2.45) is 0 Å². The van der Waals surface area contributed by atoms with Crippen molar-refractivity contribution in [2.75, 3.05) is 12.3 Å². The molecule has 5 nitrogen and oxygen atoms in total. The van der Waals surface area contributed by atoms with E-state index in [1.165, 1.54) is 6.20 Å². The molecule has 0 atom stereocenters. The topological polar surface area (TPSA) is 78.1 Å². The first-order chi connectivity index (χ1) is 9.13. The summed E-state index contributed by atoms with van der Waals surface area (Å²) in [5.74, 6) is 0.131. The van der Waals surface area contributed by atoms with Gasteiger partial charge in [-0.15, -0.1) is 0 Å². The molecule has 98 valence electrons. The fourth-order valence-corrected chi connectivity index (χ4v) is 1.71. The second-order valence-corrected chi connectivity index (χ2v) is 4.03. The molecule has 2 rings (SSSR count). The summed E-state index contributed by atoms with van der Waals surface area (Å²) in [4.78, 5) is 20.0. The van der Waals surface area contributed by atoms with Crippen molar-refractivity contribution >= 4 is 11.8 Å². The van der Waals surface area contributed by atoms with Crippen LogP contribution in [0.4, 0.5) is 5.82 Å². The van der Waals surface area contributed by atoms with Gasteiger partial charge in [0.2, 0.25) is 0 Å². The van der Waals surface area contributed by atoms with E-state index in [1.807, 2.05) is 31.2 Å². The molecular weight excluding hydrogens is 242 g/mol. The van der Waals surface area contributed by atoms with Crippen LogP contribution < -0.4 is 5.73 Å².